The fourth-order valence-corrected chi connectivity index (χ4v) is 7.44. The van der Waals surface area contributed by atoms with E-state index in [0.717, 1.165) is 52.6 Å². The first-order valence-corrected chi connectivity index (χ1v) is 19.0. The molecule has 0 aliphatic carbocycles. The van der Waals surface area contributed by atoms with Gasteiger partial charge in [-0.2, -0.15) is 0 Å². The number of nitrogens with one attached hydrogen (secondary N) is 1. The normalized spacial score (nSPS) is 16.4. The van der Waals surface area contributed by atoms with Crippen LogP contribution in [0, 0.1) is 25.5 Å². The molecule has 0 unspecified atom stereocenters. The zero-order chi connectivity index (χ0) is 40.5. The Morgan fingerprint density at radius 1 is 0.724 bits per heavy atom. The first kappa shape index (κ1) is 38.1. The van der Waals surface area contributed by atoms with Crippen LogP contribution < -0.4 is 20.9 Å². The predicted molar refractivity (Wildman–Crippen MR) is 220 cm³/mol. The van der Waals surface area contributed by atoms with Crippen molar-refractivity contribution in [2.24, 2.45) is 5.73 Å². The third kappa shape index (κ3) is 7.78. The number of rotatable bonds is 6. The van der Waals surface area contributed by atoms with Crippen molar-refractivity contribution < 1.29 is 23.8 Å². The largest absolute Gasteiger partial charge is 0.507 e. The Bertz CT molecular complexity index is 2620. The number of hydrogen-bond donors (Lipinski definition) is 4. The summed E-state index contributed by atoms with van der Waals surface area (Å²) in [5.74, 6) is 0.00584. The van der Waals surface area contributed by atoms with Crippen LogP contribution >= 0.6 is 0 Å². The number of phenolic OH excluding ortho intramolecular Hbond substituents is 2. The molecule has 0 spiro atoms. The van der Waals surface area contributed by atoms with Crippen LogP contribution in [0.25, 0.3) is 44.6 Å². The van der Waals surface area contributed by atoms with Gasteiger partial charge in [-0.05, 0) is 98.5 Å². The number of nitrogens with zero attached hydrogens (tertiary/aromatic N) is 7. The predicted octanol–water partition coefficient (Wildman–Crippen LogP) is 6.84. The average Bonchev–Trinajstić information content (AvgIpc) is 3.86. The number of aryl methyl sites for hydroxylation is 2. The van der Waals surface area contributed by atoms with E-state index in [1.165, 1.54) is 42.6 Å². The lowest BCUT2D eigenvalue weighted by Gasteiger charge is -2.21. The molecule has 7 aromatic rings. The maximum atomic E-state index is 14.6. The highest BCUT2D eigenvalue weighted by Gasteiger charge is 2.28. The van der Waals surface area contributed by atoms with Crippen molar-refractivity contribution in [1.29, 1.82) is 0 Å². The Morgan fingerprint density at radius 3 is 1.78 bits per heavy atom. The van der Waals surface area contributed by atoms with E-state index in [4.69, 9.17) is 5.73 Å². The molecule has 58 heavy (non-hydrogen) atoms. The second kappa shape index (κ2) is 16.0. The smallest absolute Gasteiger partial charge is 0.253 e. The maximum Gasteiger partial charge on any atom is 0.253 e. The first-order chi connectivity index (χ1) is 28.0. The van der Waals surface area contributed by atoms with Crippen molar-refractivity contribution >= 4 is 39.3 Å². The van der Waals surface area contributed by atoms with Crippen LogP contribution in [0.2, 0.25) is 0 Å². The van der Waals surface area contributed by atoms with Crippen LogP contribution in [0.3, 0.4) is 0 Å². The SMILES string of the molecule is Cc1ccc2c(N3CC[C@@H](N)C3)nc(-c3c(O)cccc3F)nc2c1.Cc1ccc2c(N3CC[C@@H](NC(=O)c4cccnc4)C3)nc(-c3c(O)cccc3F)nc2c1. The second-order valence-corrected chi connectivity index (χ2v) is 14.7. The summed E-state index contributed by atoms with van der Waals surface area (Å²) in [6, 6.07) is 23.6. The van der Waals surface area contributed by atoms with E-state index in [9.17, 15) is 23.8 Å². The van der Waals surface area contributed by atoms with E-state index in [0.29, 0.717) is 36.5 Å². The Morgan fingerprint density at radius 2 is 1.28 bits per heavy atom. The van der Waals surface area contributed by atoms with Gasteiger partial charge in [0.05, 0.1) is 27.7 Å². The maximum absolute atomic E-state index is 14.6. The van der Waals surface area contributed by atoms with Gasteiger partial charge >= 0.3 is 0 Å². The Kier molecular flexibility index (Phi) is 10.5. The van der Waals surface area contributed by atoms with E-state index < -0.39 is 11.6 Å². The number of nitrogens with two attached hydrogens (primary N) is 1. The summed E-state index contributed by atoms with van der Waals surface area (Å²) < 4.78 is 28.9. The van der Waals surface area contributed by atoms with Crippen molar-refractivity contribution in [2.75, 3.05) is 36.0 Å². The molecular formula is C44H41F2N9O3. The Labute approximate surface area is 333 Å². The van der Waals surface area contributed by atoms with Gasteiger partial charge in [0.15, 0.2) is 11.6 Å². The molecule has 2 atom stereocenters. The Balaban J connectivity index is 0.000000168. The summed E-state index contributed by atoms with van der Waals surface area (Å²) in [7, 11) is 0. The summed E-state index contributed by atoms with van der Waals surface area (Å²) in [5.41, 5.74) is 10.0. The fourth-order valence-electron chi connectivity index (χ4n) is 7.44. The van der Waals surface area contributed by atoms with E-state index in [-0.39, 0.29) is 52.3 Å². The molecule has 14 heteroatoms. The molecule has 2 saturated heterocycles. The Hall–Kier alpha value is -6.80. The molecule has 9 rings (SSSR count). The van der Waals surface area contributed by atoms with Gasteiger partial charge in [0, 0.05) is 61.4 Å². The monoisotopic (exact) mass is 781 g/mol. The molecule has 294 valence electrons. The van der Waals surface area contributed by atoms with Crippen molar-refractivity contribution in [3.8, 4) is 34.3 Å². The highest BCUT2D eigenvalue weighted by atomic mass is 19.1. The van der Waals surface area contributed by atoms with Crippen molar-refractivity contribution in [3.63, 3.8) is 0 Å². The van der Waals surface area contributed by atoms with Crippen LogP contribution in [0.15, 0.2) is 97.3 Å². The van der Waals surface area contributed by atoms with Crippen LogP contribution in [-0.4, -0.2) is 79.3 Å². The molecule has 0 bridgehead atoms. The molecular weight excluding hydrogens is 741 g/mol. The minimum absolute atomic E-state index is 0.0238. The molecule has 3 aromatic heterocycles. The van der Waals surface area contributed by atoms with Gasteiger partial charge in [0.1, 0.15) is 34.8 Å². The highest BCUT2D eigenvalue weighted by molar-refractivity contribution is 5.95. The molecule has 0 saturated carbocycles. The molecule has 2 aliphatic heterocycles. The van der Waals surface area contributed by atoms with Gasteiger partial charge in [-0.1, -0.05) is 24.3 Å². The molecule has 4 aromatic carbocycles. The third-order valence-electron chi connectivity index (χ3n) is 10.4. The number of fused-ring (bicyclic) bond motifs is 2. The van der Waals surface area contributed by atoms with Gasteiger partial charge in [0.2, 0.25) is 0 Å². The van der Waals surface area contributed by atoms with Gasteiger partial charge in [-0.3, -0.25) is 9.78 Å². The number of aromatic nitrogens is 5. The number of carbonyl (C=O) groups is 1. The van der Waals surface area contributed by atoms with Gasteiger partial charge in [-0.15, -0.1) is 0 Å². The van der Waals surface area contributed by atoms with Gasteiger partial charge in [0.25, 0.3) is 5.91 Å². The lowest BCUT2D eigenvalue weighted by Crippen LogP contribution is -2.37. The van der Waals surface area contributed by atoms with Crippen LogP contribution in [0.5, 0.6) is 11.5 Å². The number of amides is 1. The molecule has 5 heterocycles. The van der Waals surface area contributed by atoms with E-state index in [2.05, 4.69) is 40.0 Å². The molecule has 2 fully saturated rings. The number of hydrogen-bond acceptors (Lipinski definition) is 11. The first-order valence-electron chi connectivity index (χ1n) is 19.0. The molecule has 12 nitrogen and oxygen atoms in total. The van der Waals surface area contributed by atoms with Crippen molar-refractivity contribution in [1.82, 2.24) is 30.2 Å². The summed E-state index contributed by atoms with van der Waals surface area (Å²) >= 11 is 0. The number of aromatic hydroxyl groups is 2. The summed E-state index contributed by atoms with van der Waals surface area (Å²) in [4.78, 5) is 39.0. The molecule has 2 aliphatic rings. The highest BCUT2D eigenvalue weighted by Crippen LogP contribution is 2.36. The quantitative estimate of drug-likeness (QED) is 0.140. The zero-order valence-electron chi connectivity index (χ0n) is 31.9. The summed E-state index contributed by atoms with van der Waals surface area (Å²) in [6.45, 7) is 6.65. The topological polar surface area (TPSA) is 167 Å². The number of benzene rings is 4. The van der Waals surface area contributed by atoms with Crippen LogP contribution in [-0.2, 0) is 0 Å². The van der Waals surface area contributed by atoms with Gasteiger partial charge < -0.3 is 31.1 Å². The molecule has 0 radical (unpaired) electrons. The van der Waals surface area contributed by atoms with Crippen LogP contribution in [0.4, 0.5) is 20.4 Å². The van der Waals surface area contributed by atoms with Crippen molar-refractivity contribution in [2.45, 2.75) is 38.8 Å². The lowest BCUT2D eigenvalue weighted by molar-refractivity contribution is 0.0940. The minimum Gasteiger partial charge on any atom is -0.507 e. The molecule has 5 N–H and O–H groups in total. The standard InChI is InChI=1S/C25H22FN5O2.C19H19FN4O/c1-15-7-8-18-20(12-15)29-23(22-19(26)5-2-6-21(22)32)30-24(18)31-11-9-17(14-31)28-25(33)16-4-3-10-27-13-16;1-11-5-6-13-15(9-11)22-18(17-14(20)3-2-4-16(17)25)23-19(13)24-8-7-12(21)10-24/h2-8,10,12-13,17,32H,9,11,14H2,1H3,(H,28,33);2-6,9,12,25H,7-8,10,21H2,1H3/t17-;12-/m11/s1. The van der Waals surface area contributed by atoms with Gasteiger partial charge in [-0.25, -0.2) is 28.7 Å². The third-order valence-corrected chi connectivity index (χ3v) is 10.4. The fraction of sp³-hybridized carbons (Fsp3) is 0.227. The number of anilines is 2. The molecule has 1 amide bonds. The zero-order valence-corrected chi connectivity index (χ0v) is 31.9. The average molecular weight is 782 g/mol. The van der Waals surface area contributed by atoms with E-state index in [1.807, 2.05) is 50.2 Å². The summed E-state index contributed by atoms with van der Waals surface area (Å²) in [5, 5.41) is 25.2. The minimum atomic E-state index is -0.587. The van der Waals surface area contributed by atoms with E-state index in [1.54, 1.807) is 18.3 Å². The summed E-state index contributed by atoms with van der Waals surface area (Å²) in [6.07, 6.45) is 4.79. The lowest BCUT2D eigenvalue weighted by atomic mass is 10.1. The number of phenols is 2. The number of pyridine rings is 1. The number of carbonyl (C=O) groups excluding carboxylic acids is 1. The van der Waals surface area contributed by atoms with Crippen LogP contribution in [0.1, 0.15) is 34.3 Å². The van der Waals surface area contributed by atoms with E-state index >= 15 is 0 Å². The second-order valence-electron chi connectivity index (χ2n) is 14.7. The van der Waals surface area contributed by atoms with Crippen molar-refractivity contribution in [3.05, 3.63) is 126 Å². The number of halogens is 2.